The van der Waals surface area contributed by atoms with Crippen molar-refractivity contribution >= 4 is 17.5 Å². The number of hydrogen-bond acceptors (Lipinski definition) is 4. The van der Waals surface area contributed by atoms with Crippen LogP contribution in [0.1, 0.15) is 12.8 Å². The van der Waals surface area contributed by atoms with Gasteiger partial charge in [0.25, 0.3) is 5.91 Å². The lowest BCUT2D eigenvalue weighted by Gasteiger charge is -2.31. The predicted octanol–water partition coefficient (Wildman–Crippen LogP) is -0.211. The molecule has 0 aromatic rings. The highest BCUT2D eigenvalue weighted by atomic mass is 16.1. The van der Waals surface area contributed by atoms with Crippen LogP contribution in [0.5, 0.6) is 0 Å². The van der Waals surface area contributed by atoms with E-state index in [4.69, 9.17) is 11.5 Å². The van der Waals surface area contributed by atoms with Crippen LogP contribution in [0, 0.1) is 5.41 Å². The first kappa shape index (κ1) is 11.7. The number of carbonyl (C=O) groups is 2. The van der Waals surface area contributed by atoms with Crippen molar-refractivity contribution in [2.24, 2.45) is 21.9 Å². The van der Waals surface area contributed by atoms with Gasteiger partial charge in [0, 0.05) is 12.7 Å². The zero-order valence-corrected chi connectivity index (χ0v) is 10.3. The maximum Gasteiger partial charge on any atom is 0.267 e. The summed E-state index contributed by atoms with van der Waals surface area (Å²) < 4.78 is 0. The van der Waals surface area contributed by atoms with Crippen molar-refractivity contribution in [2.45, 2.75) is 12.8 Å². The van der Waals surface area contributed by atoms with Gasteiger partial charge in [0.2, 0.25) is 5.91 Å². The SMILES string of the molecule is NC(=O)C1=NC2=C3C=CC(C(N)=O)(CC3)CN2C=C1. The molecular weight excluding hydrogens is 244 g/mol. The summed E-state index contributed by atoms with van der Waals surface area (Å²) in [5.41, 5.74) is 11.3. The lowest BCUT2D eigenvalue weighted by molar-refractivity contribution is -0.126. The molecule has 0 saturated heterocycles. The molecule has 0 spiro atoms. The van der Waals surface area contributed by atoms with Crippen molar-refractivity contribution in [2.75, 3.05) is 6.54 Å². The van der Waals surface area contributed by atoms with E-state index in [1.165, 1.54) is 0 Å². The van der Waals surface area contributed by atoms with Gasteiger partial charge in [-0.2, -0.15) is 0 Å². The van der Waals surface area contributed by atoms with Gasteiger partial charge in [-0.05, 0) is 24.5 Å². The third-order valence-corrected chi connectivity index (χ3v) is 3.84. The van der Waals surface area contributed by atoms with Gasteiger partial charge in [-0.3, -0.25) is 9.59 Å². The van der Waals surface area contributed by atoms with E-state index >= 15 is 0 Å². The Morgan fingerprint density at radius 3 is 2.68 bits per heavy atom. The normalized spacial score (nSPS) is 28.0. The van der Waals surface area contributed by atoms with Crippen LogP contribution in [-0.2, 0) is 9.59 Å². The topological polar surface area (TPSA) is 102 Å². The number of rotatable bonds is 2. The third-order valence-electron chi connectivity index (χ3n) is 3.84. The molecule has 1 aliphatic carbocycles. The lowest BCUT2D eigenvalue weighted by Crippen LogP contribution is -2.43. The minimum atomic E-state index is -0.657. The van der Waals surface area contributed by atoms with E-state index in [9.17, 15) is 9.59 Å². The molecule has 4 rings (SSSR count). The number of allylic oxidation sites excluding steroid dienone is 2. The second-order valence-electron chi connectivity index (χ2n) is 5.01. The summed E-state index contributed by atoms with van der Waals surface area (Å²) in [4.78, 5) is 29.1. The highest BCUT2D eigenvalue weighted by Crippen LogP contribution is 2.41. The summed E-state index contributed by atoms with van der Waals surface area (Å²) in [5.74, 6) is -0.202. The molecule has 98 valence electrons. The number of primary amides is 2. The fourth-order valence-electron chi connectivity index (χ4n) is 2.66. The third kappa shape index (κ3) is 1.68. The molecule has 3 aliphatic heterocycles. The second-order valence-corrected chi connectivity index (χ2v) is 5.01. The van der Waals surface area contributed by atoms with E-state index < -0.39 is 11.3 Å². The second kappa shape index (κ2) is 3.81. The van der Waals surface area contributed by atoms with Crippen LogP contribution in [0.4, 0.5) is 0 Å². The van der Waals surface area contributed by atoms with Crippen LogP contribution in [0.25, 0.3) is 0 Å². The molecule has 4 aliphatic rings. The zero-order valence-electron chi connectivity index (χ0n) is 10.3. The highest BCUT2D eigenvalue weighted by Gasteiger charge is 2.41. The van der Waals surface area contributed by atoms with Gasteiger partial charge in [-0.15, -0.1) is 0 Å². The number of amides is 2. The van der Waals surface area contributed by atoms with Crippen LogP contribution in [0.3, 0.4) is 0 Å². The van der Waals surface area contributed by atoms with Gasteiger partial charge in [0.05, 0.1) is 5.41 Å². The Balaban J connectivity index is 2.06. The Labute approximate surface area is 110 Å². The van der Waals surface area contributed by atoms with Gasteiger partial charge < -0.3 is 16.4 Å². The Morgan fingerprint density at radius 2 is 2.11 bits per heavy atom. The lowest BCUT2D eigenvalue weighted by atomic mass is 9.78. The van der Waals surface area contributed by atoms with E-state index in [0.717, 1.165) is 5.57 Å². The quantitative estimate of drug-likeness (QED) is 0.716. The molecule has 0 saturated carbocycles. The Morgan fingerprint density at radius 1 is 1.32 bits per heavy atom. The number of aliphatic imine (C=N–C) groups is 1. The van der Waals surface area contributed by atoms with E-state index in [0.29, 0.717) is 25.2 Å². The molecule has 0 aromatic carbocycles. The van der Waals surface area contributed by atoms with Crippen molar-refractivity contribution in [1.82, 2.24) is 4.90 Å². The van der Waals surface area contributed by atoms with Crippen molar-refractivity contribution in [3.8, 4) is 0 Å². The minimum Gasteiger partial charge on any atom is -0.369 e. The minimum absolute atomic E-state index is 0.227. The van der Waals surface area contributed by atoms with Crippen molar-refractivity contribution in [3.63, 3.8) is 0 Å². The van der Waals surface area contributed by atoms with Crippen LogP contribution in [0.15, 0.2) is 40.8 Å². The summed E-state index contributed by atoms with van der Waals surface area (Å²) in [7, 11) is 0. The Bertz CT molecular complexity index is 600. The van der Waals surface area contributed by atoms with E-state index in [-0.39, 0.29) is 11.6 Å². The number of nitrogens with two attached hydrogens (primary N) is 2. The molecular formula is C13H14N4O2. The molecule has 0 aromatic heterocycles. The molecule has 4 N–H and O–H groups in total. The van der Waals surface area contributed by atoms with Crippen molar-refractivity contribution in [3.05, 3.63) is 35.8 Å². The number of carbonyl (C=O) groups excluding carboxylic acids is 2. The smallest absolute Gasteiger partial charge is 0.267 e. The molecule has 2 bridgehead atoms. The molecule has 2 amide bonds. The molecule has 1 atom stereocenters. The van der Waals surface area contributed by atoms with Gasteiger partial charge in [-0.25, -0.2) is 4.99 Å². The molecule has 0 radical (unpaired) electrons. The van der Waals surface area contributed by atoms with E-state index in [1.54, 1.807) is 12.3 Å². The van der Waals surface area contributed by atoms with Gasteiger partial charge in [0.1, 0.15) is 11.5 Å². The standard InChI is InChI=1S/C13H14N4O2/c14-10(18)9-3-6-17-7-13(12(15)19)4-1-8(2-5-13)11(17)16-9/h1,3-4,6H,2,5,7H2,(H2,14,18)(H2,15,19). The molecule has 6 heteroatoms. The summed E-state index contributed by atoms with van der Waals surface area (Å²) in [6.07, 6.45) is 8.42. The monoisotopic (exact) mass is 258 g/mol. The van der Waals surface area contributed by atoms with Gasteiger partial charge >= 0.3 is 0 Å². The van der Waals surface area contributed by atoms with Gasteiger partial charge in [-0.1, -0.05) is 12.2 Å². The fraction of sp³-hybridized carbons (Fsp3) is 0.308. The Hall–Kier alpha value is -2.37. The van der Waals surface area contributed by atoms with Gasteiger partial charge in [0.15, 0.2) is 0 Å². The largest absolute Gasteiger partial charge is 0.369 e. The summed E-state index contributed by atoms with van der Waals surface area (Å²) in [6, 6.07) is 0. The summed E-state index contributed by atoms with van der Waals surface area (Å²) in [5, 5.41) is 0. The number of fused-ring (bicyclic) bond motifs is 1. The fourth-order valence-corrected chi connectivity index (χ4v) is 2.66. The van der Waals surface area contributed by atoms with Crippen LogP contribution in [-0.4, -0.2) is 29.0 Å². The summed E-state index contributed by atoms with van der Waals surface area (Å²) >= 11 is 0. The molecule has 3 heterocycles. The average molecular weight is 258 g/mol. The Kier molecular flexibility index (Phi) is 2.35. The number of hydrogen-bond donors (Lipinski definition) is 2. The highest BCUT2D eigenvalue weighted by molar-refractivity contribution is 6.43. The molecule has 0 fully saturated rings. The first-order chi connectivity index (χ1) is 9.02. The maximum absolute atomic E-state index is 11.7. The molecule has 6 nitrogen and oxygen atoms in total. The maximum atomic E-state index is 11.7. The van der Waals surface area contributed by atoms with Crippen LogP contribution >= 0.6 is 0 Å². The average Bonchev–Trinajstić information content (AvgIpc) is 2.64. The van der Waals surface area contributed by atoms with Crippen LogP contribution < -0.4 is 11.5 Å². The van der Waals surface area contributed by atoms with Crippen molar-refractivity contribution in [1.29, 1.82) is 0 Å². The first-order valence-corrected chi connectivity index (χ1v) is 6.07. The van der Waals surface area contributed by atoms with Crippen LogP contribution in [0.2, 0.25) is 0 Å². The van der Waals surface area contributed by atoms with E-state index in [2.05, 4.69) is 4.99 Å². The number of nitrogens with zero attached hydrogens (tertiary/aromatic N) is 2. The van der Waals surface area contributed by atoms with E-state index in [1.807, 2.05) is 17.1 Å². The zero-order chi connectivity index (χ0) is 13.6. The predicted molar refractivity (Wildman–Crippen MR) is 69.5 cm³/mol. The first-order valence-electron chi connectivity index (χ1n) is 6.07. The molecule has 1 unspecified atom stereocenters. The summed E-state index contributed by atoms with van der Waals surface area (Å²) in [6.45, 7) is 0.448. The molecule has 19 heavy (non-hydrogen) atoms. The van der Waals surface area contributed by atoms with Crippen molar-refractivity contribution < 1.29 is 9.59 Å².